The molecule has 1 N–H and O–H groups in total. The van der Waals surface area contributed by atoms with Gasteiger partial charge in [0.1, 0.15) is 0 Å². The number of benzene rings is 1. The lowest BCUT2D eigenvalue weighted by Gasteiger charge is -2.41. The van der Waals surface area contributed by atoms with E-state index in [1.54, 1.807) is 20.1 Å². The third-order valence-electron chi connectivity index (χ3n) is 6.92. The normalized spacial score (nSPS) is 21.5. The number of hydrogen-bond donors (Lipinski definition) is 1. The highest BCUT2D eigenvalue weighted by atomic mass is 16.5. The Morgan fingerprint density at radius 3 is 2.25 bits per heavy atom. The van der Waals surface area contributed by atoms with Crippen LogP contribution in [-0.4, -0.2) is 30.1 Å². The van der Waals surface area contributed by atoms with E-state index in [1.165, 1.54) is 37.7 Å². The third-order valence-corrected chi connectivity index (χ3v) is 6.92. The van der Waals surface area contributed by atoms with Gasteiger partial charge in [-0.25, -0.2) is 4.79 Å². The molecule has 4 heteroatoms. The van der Waals surface area contributed by atoms with Gasteiger partial charge in [-0.3, -0.25) is 4.79 Å². The van der Waals surface area contributed by atoms with Crippen molar-refractivity contribution in [3.63, 3.8) is 0 Å². The number of carboxylic acids is 1. The number of ketones is 1. The molecule has 1 aromatic carbocycles. The number of rotatable bonds is 11. The van der Waals surface area contributed by atoms with Crippen LogP contribution in [0.2, 0.25) is 0 Å². The van der Waals surface area contributed by atoms with Crippen LogP contribution >= 0.6 is 0 Å². The van der Waals surface area contributed by atoms with Crippen LogP contribution in [0.1, 0.15) is 82.6 Å². The van der Waals surface area contributed by atoms with Crippen molar-refractivity contribution in [2.24, 2.45) is 5.41 Å². The number of ether oxygens (including phenoxy) is 1. The van der Waals surface area contributed by atoms with E-state index in [9.17, 15) is 14.7 Å². The predicted octanol–water partition coefficient (Wildman–Crippen LogP) is 6.71. The number of aryl methyl sites for hydroxylation is 1. The molecule has 2 unspecified atom stereocenters. The number of carboxylic acid groups (broad SMARTS) is 1. The molecule has 0 saturated carbocycles. The van der Waals surface area contributed by atoms with Gasteiger partial charge in [-0.2, -0.15) is 0 Å². The minimum atomic E-state index is -0.950. The second kappa shape index (κ2) is 11.4. The first-order chi connectivity index (χ1) is 15.2. The fourth-order valence-corrected chi connectivity index (χ4v) is 4.74. The quantitative estimate of drug-likeness (QED) is 0.237. The average molecular weight is 439 g/mol. The fourth-order valence-electron chi connectivity index (χ4n) is 4.74. The summed E-state index contributed by atoms with van der Waals surface area (Å²) in [6.07, 6.45) is 10.3. The van der Waals surface area contributed by atoms with E-state index in [4.69, 9.17) is 4.74 Å². The number of methoxy groups -OCH3 is 1. The van der Waals surface area contributed by atoms with Crippen molar-refractivity contribution in [3.05, 3.63) is 69.8 Å². The predicted molar refractivity (Wildman–Crippen MR) is 130 cm³/mol. The maximum Gasteiger partial charge on any atom is 0.335 e. The Labute approximate surface area is 193 Å². The van der Waals surface area contributed by atoms with E-state index in [1.807, 2.05) is 51.1 Å². The van der Waals surface area contributed by atoms with Gasteiger partial charge < -0.3 is 9.84 Å². The van der Waals surface area contributed by atoms with Crippen LogP contribution in [0.5, 0.6) is 0 Å². The SMILES string of the molecule is CCCCCCCc1ccc(C(=O)C=CC2(C)C(C)=C(C)C(C(=O)O)=C(C)C2OC)cc1. The molecule has 1 aromatic rings. The zero-order valence-electron chi connectivity index (χ0n) is 20.5. The number of allylic oxidation sites excluding steroid dienone is 1. The Hall–Kier alpha value is -2.46. The van der Waals surface area contributed by atoms with Crippen LogP contribution < -0.4 is 0 Å². The maximum absolute atomic E-state index is 12.9. The minimum absolute atomic E-state index is 0.0632. The number of carbonyl (C=O) groups is 2. The maximum atomic E-state index is 12.9. The summed E-state index contributed by atoms with van der Waals surface area (Å²) >= 11 is 0. The first-order valence-electron chi connectivity index (χ1n) is 11.6. The molecule has 2 rings (SSSR count). The Morgan fingerprint density at radius 2 is 1.69 bits per heavy atom. The summed E-state index contributed by atoms with van der Waals surface area (Å²) in [6.45, 7) is 9.75. The molecule has 4 nitrogen and oxygen atoms in total. The zero-order chi connectivity index (χ0) is 23.9. The van der Waals surface area contributed by atoms with E-state index in [0.717, 1.165) is 17.6 Å². The van der Waals surface area contributed by atoms with E-state index >= 15 is 0 Å². The van der Waals surface area contributed by atoms with Crippen LogP contribution in [0.4, 0.5) is 0 Å². The van der Waals surface area contributed by atoms with Crippen LogP contribution in [0, 0.1) is 5.41 Å². The van der Waals surface area contributed by atoms with Crippen molar-refractivity contribution in [1.82, 2.24) is 0 Å². The summed E-state index contributed by atoms with van der Waals surface area (Å²) in [5.41, 5.74) is 3.91. The van der Waals surface area contributed by atoms with E-state index < -0.39 is 17.5 Å². The lowest BCUT2D eigenvalue weighted by molar-refractivity contribution is -0.132. The van der Waals surface area contributed by atoms with Crippen molar-refractivity contribution in [2.75, 3.05) is 7.11 Å². The molecule has 32 heavy (non-hydrogen) atoms. The molecule has 0 bridgehead atoms. The molecule has 0 saturated heterocycles. The molecule has 0 aromatic heterocycles. The van der Waals surface area contributed by atoms with Gasteiger partial charge in [0.25, 0.3) is 0 Å². The molecule has 0 aliphatic heterocycles. The Balaban J connectivity index is 2.16. The van der Waals surface area contributed by atoms with Crippen LogP contribution in [0.3, 0.4) is 0 Å². The highest BCUT2D eigenvalue weighted by molar-refractivity contribution is 6.04. The molecule has 0 heterocycles. The second-order valence-corrected chi connectivity index (χ2v) is 9.07. The number of hydrogen-bond acceptors (Lipinski definition) is 3. The summed E-state index contributed by atoms with van der Waals surface area (Å²) in [5.74, 6) is -1.01. The standard InChI is InChI=1S/C28H38O4/c1-7-8-9-10-11-12-22-13-15-23(16-14-22)24(29)17-18-28(5)21(4)19(2)25(27(30)31)20(3)26(28)32-6/h13-18,26H,7-12H2,1-6H3,(H,30,31). The molecule has 0 spiro atoms. The smallest absolute Gasteiger partial charge is 0.335 e. The van der Waals surface area contributed by atoms with Gasteiger partial charge in [0.2, 0.25) is 0 Å². The summed E-state index contributed by atoms with van der Waals surface area (Å²) in [7, 11) is 1.58. The summed E-state index contributed by atoms with van der Waals surface area (Å²) < 4.78 is 5.72. The van der Waals surface area contributed by atoms with Gasteiger partial charge in [0, 0.05) is 18.1 Å². The van der Waals surface area contributed by atoms with Crippen LogP contribution in [-0.2, 0) is 16.0 Å². The molecular weight excluding hydrogens is 400 g/mol. The Morgan fingerprint density at radius 1 is 1.06 bits per heavy atom. The first-order valence-corrected chi connectivity index (χ1v) is 11.6. The van der Waals surface area contributed by atoms with E-state index in [0.29, 0.717) is 16.7 Å². The van der Waals surface area contributed by atoms with Crippen molar-refractivity contribution >= 4 is 11.8 Å². The molecule has 1 aliphatic rings. The van der Waals surface area contributed by atoms with Crippen molar-refractivity contribution < 1.29 is 19.4 Å². The molecule has 0 amide bonds. The lowest BCUT2D eigenvalue weighted by Crippen LogP contribution is -2.39. The van der Waals surface area contributed by atoms with Crippen molar-refractivity contribution in [1.29, 1.82) is 0 Å². The summed E-state index contributed by atoms with van der Waals surface area (Å²) in [4.78, 5) is 24.6. The second-order valence-electron chi connectivity index (χ2n) is 9.07. The van der Waals surface area contributed by atoms with Crippen molar-refractivity contribution in [3.8, 4) is 0 Å². The zero-order valence-corrected chi connectivity index (χ0v) is 20.5. The van der Waals surface area contributed by atoms with E-state index in [-0.39, 0.29) is 5.78 Å². The number of carbonyl (C=O) groups excluding carboxylic acids is 1. The first kappa shape index (κ1) is 25.8. The Kier molecular flexibility index (Phi) is 9.21. The summed E-state index contributed by atoms with van der Waals surface area (Å²) in [6, 6.07) is 7.88. The lowest BCUT2D eigenvalue weighted by atomic mass is 9.67. The minimum Gasteiger partial charge on any atom is -0.478 e. The third kappa shape index (κ3) is 5.66. The van der Waals surface area contributed by atoms with Gasteiger partial charge in [0.15, 0.2) is 5.78 Å². The van der Waals surface area contributed by atoms with Crippen molar-refractivity contribution in [2.45, 2.75) is 79.2 Å². The van der Waals surface area contributed by atoms with Gasteiger partial charge >= 0.3 is 5.97 Å². The monoisotopic (exact) mass is 438 g/mol. The van der Waals surface area contributed by atoms with Gasteiger partial charge in [-0.05, 0) is 63.3 Å². The van der Waals surface area contributed by atoms with E-state index in [2.05, 4.69) is 6.92 Å². The number of aliphatic carboxylic acids is 1. The van der Waals surface area contributed by atoms with Gasteiger partial charge in [-0.15, -0.1) is 0 Å². The van der Waals surface area contributed by atoms with Crippen LogP contribution in [0.15, 0.2) is 58.7 Å². The van der Waals surface area contributed by atoms with Crippen LogP contribution in [0.25, 0.3) is 0 Å². The molecule has 0 radical (unpaired) electrons. The summed E-state index contributed by atoms with van der Waals surface area (Å²) in [5, 5.41) is 9.64. The number of unbranched alkanes of at least 4 members (excludes halogenated alkanes) is 4. The highest BCUT2D eigenvalue weighted by Gasteiger charge is 2.42. The average Bonchev–Trinajstić information content (AvgIpc) is 2.76. The molecule has 1 aliphatic carbocycles. The Bertz CT molecular complexity index is 917. The molecule has 174 valence electrons. The highest BCUT2D eigenvalue weighted by Crippen LogP contribution is 2.45. The largest absolute Gasteiger partial charge is 0.478 e. The molecule has 2 atom stereocenters. The molecule has 0 fully saturated rings. The van der Waals surface area contributed by atoms with Gasteiger partial charge in [0.05, 0.1) is 11.7 Å². The topological polar surface area (TPSA) is 63.6 Å². The van der Waals surface area contributed by atoms with Gasteiger partial charge in [-0.1, -0.05) is 68.5 Å². The fraction of sp³-hybridized carbons (Fsp3) is 0.500. The molecular formula is C28H38O4.